The van der Waals surface area contributed by atoms with Crippen LogP contribution >= 0.6 is 0 Å². The van der Waals surface area contributed by atoms with Gasteiger partial charge in [-0.2, -0.15) is 0 Å². The van der Waals surface area contributed by atoms with Crippen molar-refractivity contribution in [2.75, 3.05) is 0 Å². The quantitative estimate of drug-likeness (QED) is 0.185. The lowest BCUT2D eigenvalue weighted by molar-refractivity contribution is -0.162. The second kappa shape index (κ2) is 11.1. The van der Waals surface area contributed by atoms with Gasteiger partial charge in [-0.3, -0.25) is 0 Å². The number of aliphatic hydroxyl groups is 1. The lowest BCUT2D eigenvalue weighted by atomic mass is 9.92. The topological polar surface area (TPSA) is 191 Å². The first kappa shape index (κ1) is 25.8. The largest absolute Gasteiger partial charge is 0.504 e. The van der Waals surface area contributed by atoms with Gasteiger partial charge < -0.3 is 40.1 Å². The number of hydrogen-bond acceptors (Lipinski definition) is 10. The number of aliphatic hydroxyl groups excluding tert-OH is 1. The van der Waals surface area contributed by atoms with Crippen molar-refractivity contribution in [2.45, 2.75) is 24.7 Å². The van der Waals surface area contributed by atoms with Crippen LogP contribution in [-0.4, -0.2) is 66.9 Å². The van der Waals surface area contributed by atoms with Gasteiger partial charge in [0.2, 0.25) is 0 Å². The standard InChI is InChI=1S/C25H22O11/c26-16-5-1-13(9-18(16)28)3-7-22(30)35-20-11-15(25(33)34)12-21(24(20)32)36-23(31)8-4-14-2-6-17(27)19(29)10-14/h1-11,20-21,24,26-29,32H,12H2,(H,33,34)/t20-,21-,24+/m1/s1. The van der Waals surface area contributed by atoms with Gasteiger partial charge in [-0.1, -0.05) is 12.1 Å². The third-order valence-electron chi connectivity index (χ3n) is 5.12. The molecule has 0 aliphatic heterocycles. The van der Waals surface area contributed by atoms with E-state index in [1.54, 1.807) is 0 Å². The van der Waals surface area contributed by atoms with Crippen LogP contribution in [0.15, 0.2) is 60.2 Å². The first-order valence-electron chi connectivity index (χ1n) is 10.5. The van der Waals surface area contributed by atoms with Crippen LogP contribution in [0.3, 0.4) is 0 Å². The number of phenolic OH excluding ortho intramolecular Hbond substituents is 4. The summed E-state index contributed by atoms with van der Waals surface area (Å²) in [7, 11) is 0. The van der Waals surface area contributed by atoms with Crippen LogP contribution in [0.1, 0.15) is 17.5 Å². The Morgan fingerprint density at radius 3 is 1.75 bits per heavy atom. The number of benzene rings is 2. The number of rotatable bonds is 7. The summed E-state index contributed by atoms with van der Waals surface area (Å²) in [4.78, 5) is 36.0. The number of aromatic hydroxyl groups is 4. The minimum absolute atomic E-state index is 0.240. The van der Waals surface area contributed by atoms with Gasteiger partial charge in [0.1, 0.15) is 12.2 Å². The number of hydrogen-bond donors (Lipinski definition) is 6. The molecule has 36 heavy (non-hydrogen) atoms. The first-order valence-corrected chi connectivity index (χ1v) is 10.5. The van der Waals surface area contributed by atoms with Crippen LogP contribution in [0, 0.1) is 0 Å². The Morgan fingerprint density at radius 1 is 0.778 bits per heavy atom. The van der Waals surface area contributed by atoms with Crippen LogP contribution in [0.4, 0.5) is 0 Å². The molecule has 11 nitrogen and oxygen atoms in total. The van der Waals surface area contributed by atoms with Crippen LogP contribution in [0.2, 0.25) is 0 Å². The number of carboxylic acids is 1. The zero-order valence-electron chi connectivity index (χ0n) is 18.5. The summed E-state index contributed by atoms with van der Waals surface area (Å²) in [6.45, 7) is 0. The maximum atomic E-state index is 12.2. The highest BCUT2D eigenvalue weighted by Crippen LogP contribution is 2.28. The molecule has 0 saturated heterocycles. The van der Waals surface area contributed by atoms with E-state index in [1.165, 1.54) is 48.6 Å². The highest BCUT2D eigenvalue weighted by Gasteiger charge is 2.38. The predicted octanol–water partition coefficient (Wildman–Crippen LogP) is 1.83. The molecule has 0 bridgehead atoms. The van der Waals surface area contributed by atoms with Gasteiger partial charge in [0.05, 0.1) is 0 Å². The van der Waals surface area contributed by atoms with Gasteiger partial charge in [-0.15, -0.1) is 0 Å². The monoisotopic (exact) mass is 498 g/mol. The number of phenols is 4. The Balaban J connectivity index is 1.68. The molecule has 3 rings (SSSR count). The van der Waals surface area contributed by atoms with E-state index in [2.05, 4.69) is 0 Å². The Labute approximate surface area is 204 Å². The van der Waals surface area contributed by atoms with Crippen molar-refractivity contribution in [2.24, 2.45) is 0 Å². The smallest absolute Gasteiger partial charge is 0.331 e. The second-order valence-electron chi connectivity index (χ2n) is 7.73. The summed E-state index contributed by atoms with van der Waals surface area (Å²) in [5.41, 5.74) is 0.475. The number of carbonyl (C=O) groups excluding carboxylic acids is 2. The molecule has 3 atom stereocenters. The van der Waals surface area contributed by atoms with Gasteiger partial charge in [0.15, 0.2) is 29.1 Å². The van der Waals surface area contributed by atoms with Crippen LogP contribution in [-0.2, 0) is 23.9 Å². The molecule has 188 valence electrons. The molecule has 0 heterocycles. The Kier molecular flexibility index (Phi) is 7.97. The summed E-state index contributed by atoms with van der Waals surface area (Å²) in [6, 6.07) is 7.65. The molecular weight excluding hydrogens is 476 g/mol. The average molecular weight is 498 g/mol. The minimum atomic E-state index is -1.57. The van der Waals surface area contributed by atoms with E-state index < -0.39 is 47.7 Å². The Bertz CT molecular complexity index is 1260. The Morgan fingerprint density at radius 2 is 1.28 bits per heavy atom. The van der Waals surface area contributed by atoms with Gasteiger partial charge in [-0.25, -0.2) is 14.4 Å². The van der Waals surface area contributed by atoms with Gasteiger partial charge >= 0.3 is 17.9 Å². The third-order valence-corrected chi connectivity index (χ3v) is 5.12. The molecule has 0 radical (unpaired) electrons. The van der Waals surface area contributed by atoms with E-state index in [0.717, 1.165) is 18.2 Å². The molecule has 0 unspecified atom stereocenters. The summed E-state index contributed by atoms with van der Waals surface area (Å²) >= 11 is 0. The third kappa shape index (κ3) is 6.64. The van der Waals surface area contributed by atoms with Crippen molar-refractivity contribution in [3.63, 3.8) is 0 Å². The van der Waals surface area contributed by atoms with Crippen molar-refractivity contribution in [3.8, 4) is 23.0 Å². The minimum Gasteiger partial charge on any atom is -0.504 e. The maximum absolute atomic E-state index is 12.2. The molecule has 6 N–H and O–H groups in total. The lowest BCUT2D eigenvalue weighted by Gasteiger charge is -2.31. The predicted molar refractivity (Wildman–Crippen MR) is 124 cm³/mol. The fourth-order valence-electron chi connectivity index (χ4n) is 3.27. The number of carboxylic acid groups (broad SMARTS) is 1. The summed E-state index contributed by atoms with van der Waals surface area (Å²) in [6.07, 6.45) is 0.839. The second-order valence-corrected chi connectivity index (χ2v) is 7.73. The maximum Gasteiger partial charge on any atom is 0.331 e. The Hall–Kier alpha value is -4.77. The van der Waals surface area contributed by atoms with E-state index in [9.17, 15) is 45.0 Å². The SMILES string of the molecule is O=C(C=Cc1ccc(O)c(O)c1)O[C@@H]1C=C(C(=O)O)C[C@@H](OC(=O)C=Cc2ccc(O)c(O)c2)[C@H]1O. The number of carbonyl (C=O) groups is 3. The van der Waals surface area contributed by atoms with E-state index in [0.29, 0.717) is 11.1 Å². The summed E-state index contributed by atoms with van der Waals surface area (Å²) < 4.78 is 10.3. The van der Waals surface area contributed by atoms with Crippen LogP contribution in [0.25, 0.3) is 12.2 Å². The van der Waals surface area contributed by atoms with Crippen molar-refractivity contribution in [3.05, 3.63) is 71.3 Å². The molecule has 0 spiro atoms. The number of esters is 2. The molecular formula is C25H22O11. The van der Waals surface area contributed by atoms with E-state index >= 15 is 0 Å². The average Bonchev–Trinajstić information content (AvgIpc) is 2.83. The fourth-order valence-corrected chi connectivity index (χ4v) is 3.27. The summed E-state index contributed by atoms with van der Waals surface area (Å²) in [5, 5.41) is 57.6. The van der Waals surface area contributed by atoms with Crippen molar-refractivity contribution < 1.29 is 54.5 Å². The summed E-state index contributed by atoms with van der Waals surface area (Å²) in [5.74, 6) is -4.72. The zero-order valence-corrected chi connectivity index (χ0v) is 18.5. The molecule has 0 amide bonds. The fraction of sp³-hybridized carbons (Fsp3) is 0.160. The van der Waals surface area contributed by atoms with E-state index in [1.807, 2.05) is 0 Å². The molecule has 1 aliphatic rings. The molecule has 1 aliphatic carbocycles. The van der Waals surface area contributed by atoms with E-state index in [-0.39, 0.29) is 23.5 Å². The zero-order chi connectivity index (χ0) is 26.4. The van der Waals surface area contributed by atoms with Gasteiger partial charge in [-0.05, 0) is 53.6 Å². The van der Waals surface area contributed by atoms with Gasteiger partial charge in [0.25, 0.3) is 0 Å². The molecule has 11 heteroatoms. The molecule has 0 saturated carbocycles. The van der Waals surface area contributed by atoms with Crippen molar-refractivity contribution >= 4 is 30.1 Å². The van der Waals surface area contributed by atoms with Crippen molar-refractivity contribution in [1.29, 1.82) is 0 Å². The molecule has 0 aromatic heterocycles. The van der Waals surface area contributed by atoms with Crippen LogP contribution in [0.5, 0.6) is 23.0 Å². The highest BCUT2D eigenvalue weighted by atomic mass is 16.6. The lowest BCUT2D eigenvalue weighted by Crippen LogP contribution is -2.45. The van der Waals surface area contributed by atoms with Crippen molar-refractivity contribution in [1.82, 2.24) is 0 Å². The molecule has 2 aromatic carbocycles. The molecule has 2 aromatic rings. The van der Waals surface area contributed by atoms with E-state index in [4.69, 9.17) is 9.47 Å². The number of ether oxygens (including phenoxy) is 2. The normalized spacial score (nSPS) is 19.7. The number of aliphatic carboxylic acids is 1. The first-order chi connectivity index (χ1) is 17.0. The van der Waals surface area contributed by atoms with Gasteiger partial charge in [0, 0.05) is 24.1 Å². The molecule has 0 fully saturated rings. The highest BCUT2D eigenvalue weighted by molar-refractivity contribution is 5.90. The van der Waals surface area contributed by atoms with Crippen LogP contribution < -0.4 is 0 Å².